The van der Waals surface area contributed by atoms with Crippen molar-refractivity contribution in [2.45, 2.75) is 44.2 Å². The summed E-state index contributed by atoms with van der Waals surface area (Å²) in [5, 5.41) is 0. The SMILES string of the molecule is COC(=O)C1CC2CCCCC2N1CC(=O)N1CCN(c2ccccc2F)CC1. The predicted octanol–water partition coefficient (Wildman–Crippen LogP) is 2.28. The first-order valence-electron chi connectivity index (χ1n) is 10.7. The zero-order valence-corrected chi connectivity index (χ0v) is 17.1. The molecule has 0 spiro atoms. The Morgan fingerprint density at radius 2 is 1.83 bits per heavy atom. The van der Waals surface area contributed by atoms with Gasteiger partial charge in [-0.2, -0.15) is 0 Å². The van der Waals surface area contributed by atoms with Gasteiger partial charge in [-0.15, -0.1) is 0 Å². The lowest BCUT2D eigenvalue weighted by atomic mass is 9.85. The summed E-state index contributed by atoms with van der Waals surface area (Å²) in [6, 6.07) is 6.75. The number of anilines is 1. The number of fused-ring (bicyclic) bond motifs is 1. The van der Waals surface area contributed by atoms with E-state index in [-0.39, 0.29) is 30.3 Å². The second kappa shape index (κ2) is 8.69. The average molecular weight is 403 g/mol. The molecule has 0 N–H and O–H groups in total. The number of nitrogens with zero attached hydrogens (tertiary/aromatic N) is 3. The van der Waals surface area contributed by atoms with Crippen LogP contribution in [0.25, 0.3) is 0 Å². The molecule has 2 heterocycles. The minimum absolute atomic E-state index is 0.0540. The Kier molecular flexibility index (Phi) is 6.04. The summed E-state index contributed by atoms with van der Waals surface area (Å²) in [5.74, 6) is 0.0852. The summed E-state index contributed by atoms with van der Waals surface area (Å²) in [5.41, 5.74) is 0.593. The first-order chi connectivity index (χ1) is 14.1. The number of piperazine rings is 1. The highest BCUT2D eigenvalue weighted by Gasteiger charge is 2.46. The predicted molar refractivity (Wildman–Crippen MR) is 108 cm³/mol. The van der Waals surface area contributed by atoms with E-state index < -0.39 is 0 Å². The molecule has 0 radical (unpaired) electrons. The summed E-state index contributed by atoms with van der Waals surface area (Å²) in [6.07, 6.45) is 5.33. The van der Waals surface area contributed by atoms with Crippen LogP contribution in [0.3, 0.4) is 0 Å². The molecule has 1 aliphatic carbocycles. The first kappa shape index (κ1) is 20.1. The minimum atomic E-state index is -0.309. The maximum atomic E-state index is 14.0. The topological polar surface area (TPSA) is 53.1 Å². The van der Waals surface area contributed by atoms with Crippen molar-refractivity contribution in [3.63, 3.8) is 0 Å². The zero-order chi connectivity index (χ0) is 20.4. The Hall–Kier alpha value is -2.15. The van der Waals surface area contributed by atoms with E-state index in [9.17, 15) is 14.0 Å². The van der Waals surface area contributed by atoms with Crippen LogP contribution in [0.2, 0.25) is 0 Å². The van der Waals surface area contributed by atoms with Gasteiger partial charge in [-0.3, -0.25) is 14.5 Å². The third-order valence-corrected chi connectivity index (χ3v) is 6.84. The fraction of sp³-hybridized carbons (Fsp3) is 0.636. The van der Waals surface area contributed by atoms with Crippen molar-refractivity contribution in [3.05, 3.63) is 30.1 Å². The number of carbonyl (C=O) groups is 2. The highest BCUT2D eigenvalue weighted by molar-refractivity contribution is 5.81. The van der Waals surface area contributed by atoms with Crippen molar-refractivity contribution < 1.29 is 18.7 Å². The van der Waals surface area contributed by atoms with Crippen LogP contribution in [0, 0.1) is 11.7 Å². The minimum Gasteiger partial charge on any atom is -0.468 e. The lowest BCUT2D eigenvalue weighted by molar-refractivity contribution is -0.147. The monoisotopic (exact) mass is 403 g/mol. The molecule has 1 aromatic rings. The number of hydrogen-bond acceptors (Lipinski definition) is 5. The van der Waals surface area contributed by atoms with Gasteiger partial charge in [0.2, 0.25) is 5.91 Å². The van der Waals surface area contributed by atoms with E-state index in [0.717, 1.165) is 25.7 Å². The molecule has 0 bridgehead atoms. The van der Waals surface area contributed by atoms with E-state index in [4.69, 9.17) is 4.74 Å². The van der Waals surface area contributed by atoms with Gasteiger partial charge in [0.25, 0.3) is 0 Å². The molecule has 3 unspecified atom stereocenters. The van der Waals surface area contributed by atoms with E-state index in [1.54, 1.807) is 12.1 Å². The number of rotatable bonds is 4. The molecular weight excluding hydrogens is 373 g/mol. The third-order valence-electron chi connectivity index (χ3n) is 6.84. The van der Waals surface area contributed by atoms with Crippen molar-refractivity contribution >= 4 is 17.6 Å². The van der Waals surface area contributed by atoms with Gasteiger partial charge in [0.15, 0.2) is 0 Å². The zero-order valence-electron chi connectivity index (χ0n) is 17.1. The van der Waals surface area contributed by atoms with E-state index in [2.05, 4.69) is 4.90 Å². The normalized spacial score (nSPS) is 27.6. The largest absolute Gasteiger partial charge is 0.468 e. The molecule has 1 amide bonds. The molecular formula is C22H30FN3O3. The smallest absolute Gasteiger partial charge is 0.323 e. The lowest BCUT2D eigenvalue weighted by Crippen LogP contribution is -2.53. The van der Waals surface area contributed by atoms with Crippen LogP contribution in [-0.4, -0.2) is 73.6 Å². The summed E-state index contributed by atoms with van der Waals surface area (Å²) >= 11 is 0. The lowest BCUT2D eigenvalue weighted by Gasteiger charge is -2.38. The molecule has 1 aromatic carbocycles. The van der Waals surface area contributed by atoms with Gasteiger partial charge in [0.05, 0.1) is 19.3 Å². The van der Waals surface area contributed by atoms with Gasteiger partial charge in [-0.05, 0) is 37.3 Å². The standard InChI is InChI=1S/C22H30FN3O3/c1-29-22(28)20-14-16-6-2-4-8-18(16)26(20)15-21(27)25-12-10-24(11-13-25)19-9-5-3-7-17(19)23/h3,5,7,9,16,18,20H,2,4,6,8,10-15H2,1H3. The first-order valence-corrected chi connectivity index (χ1v) is 10.7. The number of hydrogen-bond donors (Lipinski definition) is 0. The molecule has 2 saturated heterocycles. The number of amides is 1. The molecule has 0 aromatic heterocycles. The number of methoxy groups -OCH3 is 1. The molecule has 2 aliphatic heterocycles. The number of esters is 1. The highest BCUT2D eigenvalue weighted by Crippen LogP contribution is 2.40. The van der Waals surface area contributed by atoms with E-state index in [1.807, 2.05) is 15.9 Å². The molecule has 3 fully saturated rings. The number of para-hydroxylation sites is 1. The maximum Gasteiger partial charge on any atom is 0.323 e. The van der Waals surface area contributed by atoms with Gasteiger partial charge < -0.3 is 14.5 Å². The van der Waals surface area contributed by atoms with E-state index in [0.29, 0.717) is 43.8 Å². The highest BCUT2D eigenvalue weighted by atomic mass is 19.1. The second-order valence-electron chi connectivity index (χ2n) is 8.38. The van der Waals surface area contributed by atoms with Crippen LogP contribution in [0.4, 0.5) is 10.1 Å². The van der Waals surface area contributed by atoms with Crippen molar-refractivity contribution in [3.8, 4) is 0 Å². The van der Waals surface area contributed by atoms with Gasteiger partial charge >= 0.3 is 5.97 Å². The van der Waals surface area contributed by atoms with Crippen LogP contribution in [0.15, 0.2) is 24.3 Å². The third kappa shape index (κ3) is 4.10. The van der Waals surface area contributed by atoms with Crippen LogP contribution < -0.4 is 4.90 Å². The van der Waals surface area contributed by atoms with Gasteiger partial charge in [0, 0.05) is 32.2 Å². The Morgan fingerprint density at radius 3 is 2.55 bits per heavy atom. The molecule has 4 rings (SSSR count). The molecule has 1 saturated carbocycles. The van der Waals surface area contributed by atoms with Crippen molar-refractivity contribution in [1.82, 2.24) is 9.80 Å². The quantitative estimate of drug-likeness (QED) is 0.722. The van der Waals surface area contributed by atoms with Crippen LogP contribution in [0.1, 0.15) is 32.1 Å². The second-order valence-corrected chi connectivity index (χ2v) is 8.38. The summed E-state index contributed by atoms with van der Waals surface area (Å²) in [6.45, 7) is 2.62. The van der Waals surface area contributed by atoms with Crippen molar-refractivity contribution in [2.75, 3.05) is 44.7 Å². The molecule has 7 heteroatoms. The van der Waals surface area contributed by atoms with E-state index in [1.165, 1.54) is 19.6 Å². The van der Waals surface area contributed by atoms with Crippen LogP contribution in [0.5, 0.6) is 0 Å². The molecule has 6 nitrogen and oxygen atoms in total. The average Bonchev–Trinajstić information content (AvgIpc) is 3.12. The van der Waals surface area contributed by atoms with Crippen LogP contribution in [-0.2, 0) is 14.3 Å². The number of benzene rings is 1. The number of halogens is 1. The number of likely N-dealkylation sites (tertiary alicyclic amines) is 1. The molecule has 3 aliphatic rings. The van der Waals surface area contributed by atoms with Crippen molar-refractivity contribution in [2.24, 2.45) is 5.92 Å². The van der Waals surface area contributed by atoms with Crippen LogP contribution >= 0.6 is 0 Å². The Labute approximate surface area is 171 Å². The fourth-order valence-corrected chi connectivity index (χ4v) is 5.31. The van der Waals surface area contributed by atoms with Crippen molar-refractivity contribution in [1.29, 1.82) is 0 Å². The fourth-order valence-electron chi connectivity index (χ4n) is 5.31. The van der Waals surface area contributed by atoms with Gasteiger partial charge in [-0.1, -0.05) is 25.0 Å². The van der Waals surface area contributed by atoms with E-state index >= 15 is 0 Å². The Bertz CT molecular complexity index is 751. The summed E-state index contributed by atoms with van der Waals surface area (Å²) < 4.78 is 19.1. The summed E-state index contributed by atoms with van der Waals surface area (Å²) in [4.78, 5) is 31.3. The Balaban J connectivity index is 1.38. The maximum absolute atomic E-state index is 14.0. The molecule has 158 valence electrons. The number of carbonyl (C=O) groups excluding carboxylic acids is 2. The molecule has 3 atom stereocenters. The number of ether oxygens (including phenoxy) is 1. The van der Waals surface area contributed by atoms with Gasteiger partial charge in [0.1, 0.15) is 11.9 Å². The van der Waals surface area contributed by atoms with Gasteiger partial charge in [-0.25, -0.2) is 4.39 Å². The molecule has 29 heavy (non-hydrogen) atoms. The summed E-state index contributed by atoms with van der Waals surface area (Å²) in [7, 11) is 1.42. The Morgan fingerprint density at radius 1 is 1.10 bits per heavy atom.